The van der Waals surface area contributed by atoms with Crippen LogP contribution in [-0.2, 0) is 26.0 Å². The Kier molecular flexibility index (Phi) is 11.1. The molecule has 42 heavy (non-hydrogen) atoms. The third-order valence-corrected chi connectivity index (χ3v) is 8.34. The normalized spacial score (nSPS) is 20.3. The molecule has 4 rings (SSSR count). The highest BCUT2D eigenvalue weighted by atomic mass is 32.2. The Hall–Kier alpha value is -3.45. The maximum Gasteiger partial charge on any atom is 0.490 e. The molecule has 2 fully saturated rings. The Morgan fingerprint density at radius 2 is 1.62 bits per heavy atom. The topological polar surface area (TPSA) is 138 Å². The molecular formula is C29H36F3N3O6S. The molecule has 2 bridgehead atoms. The summed E-state index contributed by atoms with van der Waals surface area (Å²) in [5.74, 6) is -3.52. The van der Waals surface area contributed by atoms with Gasteiger partial charge in [0.1, 0.15) is 5.75 Å². The Bertz CT molecular complexity index is 1340. The highest BCUT2D eigenvalue weighted by molar-refractivity contribution is 7.91. The Morgan fingerprint density at radius 3 is 2.14 bits per heavy atom. The molecule has 2 heterocycles. The van der Waals surface area contributed by atoms with Crippen LogP contribution < -0.4 is 5.73 Å². The number of carboxylic acids is 1. The second-order valence-corrected chi connectivity index (χ2v) is 12.9. The van der Waals surface area contributed by atoms with Crippen molar-refractivity contribution < 1.29 is 41.1 Å². The summed E-state index contributed by atoms with van der Waals surface area (Å²) in [5, 5.41) is 7.12. The molecule has 2 amide bonds. The van der Waals surface area contributed by atoms with E-state index in [1.807, 2.05) is 42.5 Å². The van der Waals surface area contributed by atoms with Gasteiger partial charge in [0.05, 0.1) is 0 Å². The van der Waals surface area contributed by atoms with E-state index in [0.29, 0.717) is 36.7 Å². The van der Waals surface area contributed by atoms with Crippen molar-refractivity contribution in [3.8, 4) is 0 Å². The van der Waals surface area contributed by atoms with Gasteiger partial charge in [0.15, 0.2) is 9.84 Å². The monoisotopic (exact) mass is 611 g/mol. The minimum Gasteiger partial charge on any atom is -0.475 e. The van der Waals surface area contributed by atoms with Gasteiger partial charge in [0.25, 0.3) is 0 Å². The number of primary amides is 1. The summed E-state index contributed by atoms with van der Waals surface area (Å²) >= 11 is 0. The fourth-order valence-corrected chi connectivity index (χ4v) is 6.34. The first-order valence-electron chi connectivity index (χ1n) is 13.6. The molecule has 0 radical (unpaired) electrons. The standard InChI is InChI=1S/C27H35N3O4S.C2HF3O2/c1-35(33,34)19-26(31)29(18-20-7-3-2-4-8-20)13-6-14-30-24-11-12-25(30)17-23(16-24)21-9-5-10-22(15-21)27(28)32;3-2(4,5)1(6)7/h2-5,7-10,15,23-25H,6,11-14,16-19H2,1H3,(H2,28,32);(H,6,7). The zero-order valence-electron chi connectivity index (χ0n) is 23.3. The number of nitrogens with zero attached hydrogens (tertiary/aromatic N) is 2. The number of halogens is 3. The quantitative estimate of drug-likeness (QED) is 0.419. The summed E-state index contributed by atoms with van der Waals surface area (Å²) in [6, 6.07) is 18.4. The van der Waals surface area contributed by atoms with Crippen molar-refractivity contribution >= 4 is 27.6 Å². The average molecular weight is 612 g/mol. The van der Waals surface area contributed by atoms with Crippen LogP contribution in [0.5, 0.6) is 0 Å². The summed E-state index contributed by atoms with van der Waals surface area (Å²) in [5.41, 5.74) is 8.23. The molecule has 2 aromatic rings. The molecule has 2 saturated heterocycles. The fraction of sp³-hybridized carbons (Fsp3) is 0.483. The lowest BCUT2D eigenvalue weighted by Crippen LogP contribution is -2.44. The summed E-state index contributed by atoms with van der Waals surface area (Å²) < 4.78 is 55.2. The number of fused-ring (bicyclic) bond motifs is 2. The van der Waals surface area contributed by atoms with E-state index in [1.54, 1.807) is 11.0 Å². The number of aliphatic carboxylic acids is 1. The van der Waals surface area contributed by atoms with Crippen molar-refractivity contribution in [2.75, 3.05) is 25.1 Å². The van der Waals surface area contributed by atoms with Crippen LogP contribution in [0.3, 0.4) is 0 Å². The number of carboxylic acid groups (broad SMARTS) is 1. The SMILES string of the molecule is CS(=O)(=O)CC(=O)N(CCCN1C2CCC1CC(c1cccc(C(N)=O)c1)C2)Cc1ccccc1.O=C(O)C(F)(F)F. The van der Waals surface area contributed by atoms with Gasteiger partial charge in [-0.25, -0.2) is 13.2 Å². The molecular weight excluding hydrogens is 575 g/mol. The van der Waals surface area contributed by atoms with Crippen LogP contribution in [0.15, 0.2) is 54.6 Å². The zero-order valence-corrected chi connectivity index (χ0v) is 24.1. The lowest BCUT2D eigenvalue weighted by Gasteiger charge is -2.39. The van der Waals surface area contributed by atoms with Crippen LogP contribution in [0.25, 0.3) is 0 Å². The molecule has 0 saturated carbocycles. The number of sulfone groups is 1. The number of benzene rings is 2. The number of carbonyl (C=O) groups is 3. The van der Waals surface area contributed by atoms with E-state index in [-0.39, 0.29) is 5.91 Å². The van der Waals surface area contributed by atoms with E-state index in [1.165, 1.54) is 5.56 Å². The second kappa shape index (κ2) is 14.1. The van der Waals surface area contributed by atoms with E-state index >= 15 is 0 Å². The van der Waals surface area contributed by atoms with Crippen molar-refractivity contribution in [1.29, 1.82) is 0 Å². The molecule has 9 nitrogen and oxygen atoms in total. The molecule has 2 aliphatic rings. The third-order valence-electron chi connectivity index (χ3n) is 7.57. The van der Waals surface area contributed by atoms with E-state index in [4.69, 9.17) is 15.6 Å². The van der Waals surface area contributed by atoms with E-state index in [2.05, 4.69) is 11.0 Å². The van der Waals surface area contributed by atoms with Crippen LogP contribution >= 0.6 is 0 Å². The molecule has 0 aliphatic carbocycles. The highest BCUT2D eigenvalue weighted by Crippen LogP contribution is 2.43. The van der Waals surface area contributed by atoms with Crippen molar-refractivity contribution in [3.05, 3.63) is 71.3 Å². The van der Waals surface area contributed by atoms with Gasteiger partial charge in [-0.05, 0) is 61.3 Å². The average Bonchev–Trinajstić information content (AvgIpc) is 3.13. The fourth-order valence-electron chi connectivity index (χ4n) is 5.71. The molecule has 2 aromatic carbocycles. The lowest BCUT2D eigenvalue weighted by molar-refractivity contribution is -0.192. The first kappa shape index (κ1) is 33.1. The molecule has 0 spiro atoms. The van der Waals surface area contributed by atoms with Crippen LogP contribution in [0.2, 0.25) is 0 Å². The number of nitrogens with two attached hydrogens (primary N) is 1. The number of hydrogen-bond acceptors (Lipinski definition) is 6. The number of hydrogen-bond donors (Lipinski definition) is 2. The molecule has 0 aromatic heterocycles. The number of rotatable bonds is 10. The second-order valence-electron chi connectivity index (χ2n) is 10.8. The van der Waals surface area contributed by atoms with Gasteiger partial charge in [-0.15, -0.1) is 0 Å². The minimum absolute atomic E-state index is 0.340. The first-order valence-corrected chi connectivity index (χ1v) is 15.6. The number of piperidine rings is 1. The Labute approximate surface area is 243 Å². The van der Waals surface area contributed by atoms with Crippen molar-refractivity contribution in [2.24, 2.45) is 5.73 Å². The largest absolute Gasteiger partial charge is 0.490 e. The van der Waals surface area contributed by atoms with E-state index in [0.717, 1.165) is 50.5 Å². The molecule has 2 aliphatic heterocycles. The van der Waals surface area contributed by atoms with E-state index in [9.17, 15) is 31.2 Å². The van der Waals surface area contributed by atoms with Gasteiger partial charge in [-0.3, -0.25) is 14.5 Å². The predicted octanol–water partition coefficient (Wildman–Crippen LogP) is 3.59. The minimum atomic E-state index is -5.08. The predicted molar refractivity (Wildman–Crippen MR) is 150 cm³/mol. The van der Waals surface area contributed by atoms with Crippen molar-refractivity contribution in [2.45, 2.75) is 62.8 Å². The van der Waals surface area contributed by atoms with Crippen LogP contribution in [0, 0.1) is 0 Å². The van der Waals surface area contributed by atoms with Gasteiger partial charge in [0.2, 0.25) is 11.8 Å². The molecule has 230 valence electrons. The zero-order chi connectivity index (χ0) is 31.1. The van der Waals surface area contributed by atoms with E-state index < -0.39 is 33.6 Å². The summed E-state index contributed by atoms with van der Waals surface area (Å²) in [6.45, 7) is 1.84. The molecule has 3 N–H and O–H groups in total. The van der Waals surface area contributed by atoms with Gasteiger partial charge < -0.3 is 15.7 Å². The molecule has 2 unspecified atom stereocenters. The Balaban J connectivity index is 0.000000616. The summed E-state index contributed by atoms with van der Waals surface area (Å²) in [4.78, 5) is 37.5. The highest BCUT2D eigenvalue weighted by Gasteiger charge is 2.41. The lowest BCUT2D eigenvalue weighted by atomic mass is 9.84. The molecule has 2 atom stereocenters. The van der Waals surface area contributed by atoms with Crippen LogP contribution in [-0.4, -0.2) is 84.5 Å². The summed E-state index contributed by atoms with van der Waals surface area (Å²) in [6.07, 6.45) is 1.26. The number of carbonyl (C=O) groups excluding carboxylic acids is 2. The van der Waals surface area contributed by atoms with Crippen molar-refractivity contribution in [1.82, 2.24) is 9.80 Å². The Morgan fingerprint density at radius 1 is 1.02 bits per heavy atom. The van der Waals surface area contributed by atoms with Gasteiger partial charge in [-0.1, -0.05) is 42.5 Å². The maximum atomic E-state index is 12.8. The smallest absolute Gasteiger partial charge is 0.475 e. The first-order chi connectivity index (χ1) is 19.6. The number of alkyl halides is 3. The summed E-state index contributed by atoms with van der Waals surface area (Å²) in [7, 11) is -3.39. The van der Waals surface area contributed by atoms with Gasteiger partial charge in [0, 0.05) is 43.5 Å². The number of amides is 2. The van der Waals surface area contributed by atoms with Gasteiger partial charge in [-0.2, -0.15) is 13.2 Å². The maximum absolute atomic E-state index is 12.8. The van der Waals surface area contributed by atoms with Crippen LogP contribution in [0.4, 0.5) is 13.2 Å². The van der Waals surface area contributed by atoms with Crippen LogP contribution in [0.1, 0.15) is 59.5 Å². The third kappa shape index (κ3) is 9.83. The molecule has 13 heteroatoms. The van der Waals surface area contributed by atoms with Crippen molar-refractivity contribution in [3.63, 3.8) is 0 Å². The van der Waals surface area contributed by atoms with Gasteiger partial charge >= 0.3 is 12.1 Å².